The van der Waals surface area contributed by atoms with Crippen molar-refractivity contribution in [3.05, 3.63) is 59.9 Å². The van der Waals surface area contributed by atoms with Crippen molar-refractivity contribution in [2.75, 3.05) is 20.2 Å². The highest BCUT2D eigenvalue weighted by atomic mass is 19.4. The number of benzene rings is 2. The predicted molar refractivity (Wildman–Crippen MR) is 82.0 cm³/mol. The molecule has 0 unspecified atom stereocenters. The summed E-state index contributed by atoms with van der Waals surface area (Å²) in [5.74, 6) is -1.24. The summed E-state index contributed by atoms with van der Waals surface area (Å²) in [5.41, 5.74) is 0.197. The lowest BCUT2D eigenvalue weighted by Crippen LogP contribution is -2.31. The molecule has 0 aliphatic rings. The molecular weight excluding hydrogens is 342 g/mol. The highest BCUT2D eigenvalue weighted by Crippen LogP contribution is 2.23. The summed E-state index contributed by atoms with van der Waals surface area (Å²) in [4.78, 5) is 13.5. The third kappa shape index (κ3) is 5.66. The summed E-state index contributed by atoms with van der Waals surface area (Å²) >= 11 is 0. The first-order valence-corrected chi connectivity index (χ1v) is 7.25. The summed E-state index contributed by atoms with van der Waals surface area (Å²) in [6.07, 6.45) is -4.79. The lowest BCUT2D eigenvalue weighted by molar-refractivity contribution is -0.274. The van der Waals surface area contributed by atoms with Crippen LogP contribution >= 0.6 is 0 Å². The van der Waals surface area contributed by atoms with Gasteiger partial charge in [0.15, 0.2) is 11.6 Å². The Morgan fingerprint density at radius 3 is 2.32 bits per heavy atom. The van der Waals surface area contributed by atoms with E-state index in [0.29, 0.717) is 0 Å². The minimum absolute atomic E-state index is 0.0679. The molecule has 0 aliphatic carbocycles. The fourth-order valence-corrected chi connectivity index (χ4v) is 1.98. The largest absolute Gasteiger partial charge is 0.573 e. The van der Waals surface area contributed by atoms with E-state index in [2.05, 4.69) is 4.74 Å². The van der Waals surface area contributed by atoms with Crippen molar-refractivity contribution in [1.29, 1.82) is 0 Å². The molecule has 4 nitrogen and oxygen atoms in total. The Bertz CT molecular complexity index is 717. The molecule has 0 saturated carbocycles. The van der Waals surface area contributed by atoms with Gasteiger partial charge in [0.2, 0.25) is 0 Å². The van der Waals surface area contributed by atoms with Gasteiger partial charge in [0, 0.05) is 12.6 Å². The first-order chi connectivity index (χ1) is 11.8. The van der Waals surface area contributed by atoms with E-state index >= 15 is 0 Å². The number of halogens is 4. The third-order valence-electron chi connectivity index (χ3n) is 3.20. The molecule has 0 heterocycles. The minimum Gasteiger partial charge on any atom is -0.489 e. The number of likely N-dealkylation sites (N-methyl/N-ethyl adjacent to an activating group) is 1. The first kappa shape index (κ1) is 18.6. The van der Waals surface area contributed by atoms with Crippen LogP contribution in [0.4, 0.5) is 17.6 Å². The lowest BCUT2D eigenvalue weighted by Gasteiger charge is -2.18. The van der Waals surface area contributed by atoms with Gasteiger partial charge >= 0.3 is 6.36 Å². The topological polar surface area (TPSA) is 38.8 Å². The van der Waals surface area contributed by atoms with Crippen LogP contribution in [0.3, 0.4) is 0 Å². The Balaban J connectivity index is 1.88. The maximum atomic E-state index is 13.4. The van der Waals surface area contributed by atoms with Crippen molar-refractivity contribution in [2.45, 2.75) is 6.36 Å². The first-order valence-electron chi connectivity index (χ1n) is 7.25. The highest BCUT2D eigenvalue weighted by molar-refractivity contribution is 5.94. The molecule has 25 heavy (non-hydrogen) atoms. The van der Waals surface area contributed by atoms with Crippen LogP contribution in [-0.2, 0) is 0 Å². The molecule has 8 heteroatoms. The lowest BCUT2D eigenvalue weighted by atomic mass is 10.2. The SMILES string of the molecule is CN(CCOc1ccccc1F)C(=O)c1ccc(OC(F)(F)F)cc1. The molecule has 0 saturated heterocycles. The van der Waals surface area contributed by atoms with Gasteiger partial charge in [-0.25, -0.2) is 4.39 Å². The average Bonchev–Trinajstić information content (AvgIpc) is 2.55. The maximum Gasteiger partial charge on any atom is 0.573 e. The van der Waals surface area contributed by atoms with Gasteiger partial charge < -0.3 is 14.4 Å². The van der Waals surface area contributed by atoms with Crippen LogP contribution in [0.15, 0.2) is 48.5 Å². The minimum atomic E-state index is -4.79. The molecule has 2 rings (SSSR count). The Hall–Kier alpha value is -2.77. The summed E-state index contributed by atoms with van der Waals surface area (Å²) in [7, 11) is 1.51. The van der Waals surface area contributed by atoms with Crippen LogP contribution in [0.2, 0.25) is 0 Å². The number of hydrogen-bond donors (Lipinski definition) is 0. The Morgan fingerprint density at radius 2 is 1.72 bits per heavy atom. The number of hydrogen-bond acceptors (Lipinski definition) is 3. The van der Waals surface area contributed by atoms with Crippen LogP contribution in [0.25, 0.3) is 0 Å². The number of alkyl halides is 3. The predicted octanol–water partition coefficient (Wildman–Crippen LogP) is 3.88. The zero-order valence-corrected chi connectivity index (χ0v) is 13.2. The summed E-state index contributed by atoms with van der Waals surface area (Å²) < 4.78 is 58.7. The van der Waals surface area contributed by atoms with Gasteiger partial charge in [0.1, 0.15) is 12.4 Å². The Morgan fingerprint density at radius 1 is 1.08 bits per heavy atom. The van der Waals surface area contributed by atoms with Gasteiger partial charge in [-0.1, -0.05) is 12.1 Å². The molecule has 0 spiro atoms. The number of nitrogens with zero attached hydrogens (tertiary/aromatic N) is 1. The fraction of sp³-hybridized carbons (Fsp3) is 0.235. The molecular formula is C17H15F4NO3. The fourth-order valence-electron chi connectivity index (χ4n) is 1.98. The van der Waals surface area contributed by atoms with Crippen molar-refractivity contribution in [1.82, 2.24) is 4.90 Å². The monoisotopic (exact) mass is 357 g/mol. The number of carbonyl (C=O) groups is 1. The second kappa shape index (κ2) is 7.87. The maximum absolute atomic E-state index is 13.4. The number of rotatable bonds is 6. The molecule has 0 fully saturated rings. The molecule has 134 valence electrons. The van der Waals surface area contributed by atoms with Gasteiger partial charge in [-0.2, -0.15) is 0 Å². The van der Waals surface area contributed by atoms with Crippen LogP contribution < -0.4 is 9.47 Å². The van der Waals surface area contributed by atoms with Crippen LogP contribution in [0, 0.1) is 5.82 Å². The van der Waals surface area contributed by atoms with Crippen molar-refractivity contribution < 1.29 is 31.8 Å². The van der Waals surface area contributed by atoms with Gasteiger partial charge in [-0.05, 0) is 36.4 Å². The van der Waals surface area contributed by atoms with Crippen LogP contribution in [-0.4, -0.2) is 37.4 Å². The van der Waals surface area contributed by atoms with Gasteiger partial charge in [0.05, 0.1) is 6.54 Å². The summed E-state index contributed by atoms with van der Waals surface area (Å²) in [6.45, 7) is 0.242. The quantitative estimate of drug-likeness (QED) is 0.737. The highest BCUT2D eigenvalue weighted by Gasteiger charge is 2.31. The molecule has 0 aromatic heterocycles. The standard InChI is InChI=1S/C17H15F4NO3/c1-22(10-11-24-15-5-3-2-4-14(15)18)16(23)12-6-8-13(9-7-12)25-17(19,20)21/h2-9H,10-11H2,1H3. The molecule has 0 radical (unpaired) electrons. The normalized spacial score (nSPS) is 11.1. The van der Waals surface area contributed by atoms with Crippen molar-refractivity contribution in [2.24, 2.45) is 0 Å². The van der Waals surface area contributed by atoms with E-state index < -0.39 is 23.8 Å². The summed E-state index contributed by atoms with van der Waals surface area (Å²) in [5, 5.41) is 0. The van der Waals surface area contributed by atoms with Gasteiger partial charge in [-0.15, -0.1) is 13.2 Å². The third-order valence-corrected chi connectivity index (χ3v) is 3.20. The Labute approximate surface area is 141 Å². The van der Waals surface area contributed by atoms with Crippen molar-refractivity contribution >= 4 is 5.91 Å². The number of carbonyl (C=O) groups excluding carboxylic acids is 1. The second-order valence-corrected chi connectivity index (χ2v) is 5.08. The molecule has 0 bridgehead atoms. The van der Waals surface area contributed by atoms with Crippen LogP contribution in [0.5, 0.6) is 11.5 Å². The smallest absolute Gasteiger partial charge is 0.489 e. The van der Waals surface area contributed by atoms with E-state index in [9.17, 15) is 22.4 Å². The van der Waals surface area contributed by atoms with Crippen molar-refractivity contribution in [3.63, 3.8) is 0 Å². The van der Waals surface area contributed by atoms with Gasteiger partial charge in [-0.3, -0.25) is 4.79 Å². The molecule has 2 aromatic carbocycles. The zero-order valence-electron chi connectivity index (χ0n) is 13.2. The Kier molecular flexibility index (Phi) is 5.84. The molecule has 0 N–H and O–H groups in total. The van der Waals surface area contributed by atoms with E-state index in [1.807, 2.05) is 0 Å². The van der Waals surface area contributed by atoms with E-state index in [1.165, 1.54) is 42.3 Å². The number of ether oxygens (including phenoxy) is 2. The van der Waals surface area contributed by atoms with Gasteiger partial charge in [0.25, 0.3) is 5.91 Å². The number of amides is 1. The van der Waals surface area contributed by atoms with E-state index in [-0.39, 0.29) is 24.5 Å². The number of para-hydroxylation sites is 1. The molecule has 1 amide bonds. The summed E-state index contributed by atoms with van der Waals surface area (Å²) in [6, 6.07) is 10.5. The molecule has 2 aromatic rings. The van der Waals surface area contributed by atoms with E-state index in [0.717, 1.165) is 12.1 Å². The average molecular weight is 357 g/mol. The van der Waals surface area contributed by atoms with Crippen LogP contribution in [0.1, 0.15) is 10.4 Å². The zero-order chi connectivity index (χ0) is 18.4. The molecule has 0 aliphatic heterocycles. The molecule has 0 atom stereocenters. The second-order valence-electron chi connectivity index (χ2n) is 5.08. The van der Waals surface area contributed by atoms with E-state index in [4.69, 9.17) is 4.74 Å². The van der Waals surface area contributed by atoms with E-state index in [1.54, 1.807) is 6.07 Å². The van der Waals surface area contributed by atoms with Crippen molar-refractivity contribution in [3.8, 4) is 11.5 Å².